The van der Waals surface area contributed by atoms with Gasteiger partial charge in [-0.1, -0.05) is 30.7 Å². The highest BCUT2D eigenvalue weighted by molar-refractivity contribution is 7.09. The molecular weight excluding hydrogens is 276 g/mol. The second-order valence-corrected chi connectivity index (χ2v) is 7.34. The molecule has 0 radical (unpaired) electrons. The van der Waals surface area contributed by atoms with Gasteiger partial charge in [0, 0.05) is 17.1 Å². The van der Waals surface area contributed by atoms with Crippen LogP contribution in [-0.2, 0) is 12.0 Å². The van der Waals surface area contributed by atoms with Crippen molar-refractivity contribution in [1.29, 1.82) is 0 Å². The summed E-state index contributed by atoms with van der Waals surface area (Å²) in [6.45, 7) is 2.10. The topological polar surface area (TPSA) is 24.9 Å². The Balaban J connectivity index is 1.88. The zero-order valence-electron chi connectivity index (χ0n) is 12.6. The molecule has 0 saturated heterocycles. The Hall–Kier alpha value is -1.19. The quantitative estimate of drug-likeness (QED) is 0.860. The summed E-state index contributed by atoms with van der Waals surface area (Å²) in [6.07, 6.45) is 7.56. The van der Waals surface area contributed by atoms with Crippen molar-refractivity contribution in [2.24, 2.45) is 0 Å². The second-order valence-electron chi connectivity index (χ2n) is 6.48. The third-order valence-electron chi connectivity index (χ3n) is 4.74. The maximum absolute atomic E-state index is 4.88. The van der Waals surface area contributed by atoms with E-state index < -0.39 is 0 Å². The normalized spacial score (nSPS) is 25.4. The molecular formula is C18H22N2S. The molecule has 0 aliphatic heterocycles. The van der Waals surface area contributed by atoms with E-state index in [-0.39, 0.29) is 5.54 Å². The van der Waals surface area contributed by atoms with Crippen molar-refractivity contribution in [3.8, 4) is 0 Å². The van der Waals surface area contributed by atoms with Gasteiger partial charge in [-0.2, -0.15) is 0 Å². The lowest BCUT2D eigenvalue weighted by Gasteiger charge is -2.34. The van der Waals surface area contributed by atoms with E-state index in [0.717, 1.165) is 5.69 Å². The molecule has 1 N–H and O–H groups in total. The van der Waals surface area contributed by atoms with Gasteiger partial charge in [0.25, 0.3) is 0 Å². The molecule has 1 aromatic carbocycles. The minimum absolute atomic E-state index is 0.0484. The first kappa shape index (κ1) is 13.5. The van der Waals surface area contributed by atoms with Crippen molar-refractivity contribution in [3.63, 3.8) is 0 Å². The fourth-order valence-corrected chi connectivity index (χ4v) is 4.56. The Morgan fingerprint density at radius 1 is 1.24 bits per heavy atom. The fraction of sp³-hybridized carbons (Fsp3) is 0.500. The first-order valence-electron chi connectivity index (χ1n) is 8.07. The van der Waals surface area contributed by atoms with Crippen LogP contribution in [0.2, 0.25) is 0 Å². The molecule has 0 spiro atoms. The molecule has 1 fully saturated rings. The van der Waals surface area contributed by atoms with Crippen LogP contribution in [0.25, 0.3) is 0 Å². The number of aromatic nitrogens is 1. The molecule has 110 valence electrons. The van der Waals surface area contributed by atoms with Crippen LogP contribution in [0.5, 0.6) is 0 Å². The van der Waals surface area contributed by atoms with Crippen molar-refractivity contribution in [2.75, 3.05) is 0 Å². The van der Waals surface area contributed by atoms with Gasteiger partial charge in [-0.25, -0.2) is 4.98 Å². The number of fused-ring (bicyclic) bond motifs is 1. The molecule has 2 aliphatic carbocycles. The summed E-state index contributed by atoms with van der Waals surface area (Å²) in [5, 5.41) is 7.44. The summed E-state index contributed by atoms with van der Waals surface area (Å²) < 4.78 is 0. The minimum Gasteiger partial charge on any atom is -0.299 e. The molecule has 21 heavy (non-hydrogen) atoms. The SMILES string of the molecule is Cc1csc(C2(NC3CC3)CCCCc3ccccc32)n1. The summed E-state index contributed by atoms with van der Waals surface area (Å²) in [4.78, 5) is 4.88. The predicted molar refractivity (Wildman–Crippen MR) is 87.8 cm³/mol. The summed E-state index contributed by atoms with van der Waals surface area (Å²) in [5.74, 6) is 0. The van der Waals surface area contributed by atoms with E-state index in [1.807, 2.05) is 11.3 Å². The van der Waals surface area contributed by atoms with Crippen LogP contribution in [0.1, 0.15) is 53.9 Å². The predicted octanol–water partition coefficient (Wildman–Crippen LogP) is 4.17. The Labute approximate surface area is 130 Å². The molecule has 3 heteroatoms. The van der Waals surface area contributed by atoms with E-state index in [9.17, 15) is 0 Å². The van der Waals surface area contributed by atoms with Gasteiger partial charge in [0.15, 0.2) is 0 Å². The van der Waals surface area contributed by atoms with Gasteiger partial charge >= 0.3 is 0 Å². The van der Waals surface area contributed by atoms with Crippen LogP contribution in [0, 0.1) is 6.92 Å². The van der Waals surface area contributed by atoms with E-state index in [4.69, 9.17) is 4.98 Å². The maximum Gasteiger partial charge on any atom is 0.118 e. The number of aryl methyl sites for hydroxylation is 2. The number of nitrogens with one attached hydrogen (secondary N) is 1. The number of hydrogen-bond donors (Lipinski definition) is 1. The molecule has 2 aliphatic rings. The molecule has 2 nitrogen and oxygen atoms in total. The van der Waals surface area contributed by atoms with Crippen LogP contribution in [0.4, 0.5) is 0 Å². The summed E-state index contributed by atoms with van der Waals surface area (Å²) in [6, 6.07) is 9.69. The van der Waals surface area contributed by atoms with Gasteiger partial charge in [0.2, 0.25) is 0 Å². The number of thiazole rings is 1. The Kier molecular flexibility index (Phi) is 3.35. The van der Waals surface area contributed by atoms with E-state index in [0.29, 0.717) is 6.04 Å². The van der Waals surface area contributed by atoms with E-state index in [2.05, 4.69) is 41.9 Å². The molecule has 2 aromatic rings. The smallest absolute Gasteiger partial charge is 0.118 e. The standard InChI is InChI=1S/C18H22N2S/c1-13-12-21-17(19-13)18(20-15-9-10-15)11-5-4-7-14-6-2-3-8-16(14)18/h2-3,6,8,12,15,20H,4-5,7,9-11H2,1H3. The largest absolute Gasteiger partial charge is 0.299 e. The van der Waals surface area contributed by atoms with Crippen LogP contribution in [0.3, 0.4) is 0 Å². The molecule has 1 unspecified atom stereocenters. The lowest BCUT2D eigenvalue weighted by atomic mass is 9.84. The van der Waals surface area contributed by atoms with E-state index in [1.165, 1.54) is 54.7 Å². The van der Waals surface area contributed by atoms with Crippen molar-refractivity contribution < 1.29 is 0 Å². The molecule has 0 amide bonds. The summed E-state index contributed by atoms with van der Waals surface area (Å²) in [7, 11) is 0. The zero-order chi connectivity index (χ0) is 14.3. The molecule has 1 saturated carbocycles. The minimum atomic E-state index is -0.0484. The van der Waals surface area contributed by atoms with Gasteiger partial charge in [-0.3, -0.25) is 5.32 Å². The second kappa shape index (κ2) is 5.22. The monoisotopic (exact) mass is 298 g/mol. The highest BCUT2D eigenvalue weighted by Crippen LogP contribution is 2.43. The van der Waals surface area contributed by atoms with Crippen LogP contribution in [0.15, 0.2) is 29.6 Å². The maximum atomic E-state index is 4.88. The Bertz CT molecular complexity index is 644. The lowest BCUT2D eigenvalue weighted by Crippen LogP contribution is -2.45. The van der Waals surface area contributed by atoms with Gasteiger partial charge < -0.3 is 0 Å². The molecule has 1 heterocycles. The molecule has 1 aromatic heterocycles. The van der Waals surface area contributed by atoms with Gasteiger partial charge in [0.1, 0.15) is 5.01 Å². The highest BCUT2D eigenvalue weighted by atomic mass is 32.1. The average molecular weight is 298 g/mol. The first-order chi connectivity index (χ1) is 10.3. The third-order valence-corrected chi connectivity index (χ3v) is 5.86. The summed E-state index contributed by atoms with van der Waals surface area (Å²) >= 11 is 1.82. The number of nitrogens with zero attached hydrogens (tertiary/aromatic N) is 1. The number of rotatable bonds is 3. The van der Waals surface area contributed by atoms with Crippen molar-refractivity contribution in [1.82, 2.24) is 10.3 Å². The third kappa shape index (κ3) is 2.43. The zero-order valence-corrected chi connectivity index (χ0v) is 13.4. The van der Waals surface area contributed by atoms with Crippen molar-refractivity contribution in [3.05, 3.63) is 51.5 Å². The number of hydrogen-bond acceptors (Lipinski definition) is 3. The molecule has 0 bridgehead atoms. The Morgan fingerprint density at radius 2 is 2.10 bits per heavy atom. The van der Waals surface area contributed by atoms with Gasteiger partial charge in [-0.05, 0) is 50.2 Å². The van der Waals surface area contributed by atoms with E-state index >= 15 is 0 Å². The van der Waals surface area contributed by atoms with E-state index in [1.54, 1.807) is 0 Å². The lowest BCUT2D eigenvalue weighted by molar-refractivity contribution is 0.362. The molecule has 1 atom stereocenters. The van der Waals surface area contributed by atoms with Crippen LogP contribution in [-0.4, -0.2) is 11.0 Å². The fourth-order valence-electron chi connectivity index (χ4n) is 3.55. The van der Waals surface area contributed by atoms with Crippen LogP contribution < -0.4 is 5.32 Å². The molecule has 4 rings (SSSR count). The summed E-state index contributed by atoms with van der Waals surface area (Å²) in [5.41, 5.74) is 4.08. The Morgan fingerprint density at radius 3 is 2.86 bits per heavy atom. The van der Waals surface area contributed by atoms with Gasteiger partial charge in [-0.15, -0.1) is 11.3 Å². The first-order valence-corrected chi connectivity index (χ1v) is 8.94. The van der Waals surface area contributed by atoms with Gasteiger partial charge in [0.05, 0.1) is 5.54 Å². The van der Waals surface area contributed by atoms with Crippen molar-refractivity contribution >= 4 is 11.3 Å². The number of benzene rings is 1. The van der Waals surface area contributed by atoms with Crippen molar-refractivity contribution in [2.45, 2.75) is 57.0 Å². The van der Waals surface area contributed by atoms with Crippen LogP contribution >= 0.6 is 11.3 Å². The average Bonchev–Trinajstić information content (AvgIpc) is 3.24. The highest BCUT2D eigenvalue weighted by Gasteiger charge is 2.42.